The molecule has 3 heterocycles. The molecule has 0 spiro atoms. The molecule has 1 fully saturated rings. The Morgan fingerprint density at radius 1 is 1.36 bits per heavy atom. The molecule has 2 aromatic heterocycles. The first-order chi connectivity index (χ1) is 12.2. The largest absolute Gasteiger partial charge is 0.376 e. The molecule has 2 aromatic rings. The van der Waals surface area contributed by atoms with Gasteiger partial charge in [-0.05, 0) is 31.4 Å². The van der Waals surface area contributed by atoms with Gasteiger partial charge in [-0.25, -0.2) is 15.0 Å². The van der Waals surface area contributed by atoms with Crippen LogP contribution in [0.2, 0.25) is 0 Å². The number of nitrogens with zero attached hydrogens (tertiary/aromatic N) is 4. The van der Waals surface area contributed by atoms with E-state index < -0.39 is 0 Å². The number of rotatable bonds is 5. The first-order valence-electron chi connectivity index (χ1n) is 8.63. The van der Waals surface area contributed by atoms with Crippen molar-refractivity contribution in [1.82, 2.24) is 19.9 Å². The van der Waals surface area contributed by atoms with Crippen molar-refractivity contribution in [3.8, 4) is 11.3 Å². The lowest BCUT2D eigenvalue weighted by atomic mass is 10.1. The van der Waals surface area contributed by atoms with Gasteiger partial charge in [0.2, 0.25) is 5.95 Å². The highest BCUT2D eigenvalue weighted by Gasteiger charge is 2.25. The number of carbonyl (C=O) groups is 1. The third-order valence-electron chi connectivity index (χ3n) is 4.16. The fourth-order valence-electron chi connectivity index (χ4n) is 2.89. The highest BCUT2D eigenvalue weighted by Crippen LogP contribution is 2.19. The van der Waals surface area contributed by atoms with Gasteiger partial charge >= 0.3 is 0 Å². The number of anilines is 1. The molecule has 1 aliphatic heterocycles. The summed E-state index contributed by atoms with van der Waals surface area (Å²) in [5, 5.41) is 0. The summed E-state index contributed by atoms with van der Waals surface area (Å²) >= 11 is 0. The predicted molar refractivity (Wildman–Crippen MR) is 94.8 cm³/mol. The van der Waals surface area contributed by atoms with Crippen LogP contribution < -0.4 is 5.73 Å². The van der Waals surface area contributed by atoms with Crippen molar-refractivity contribution in [2.45, 2.75) is 32.3 Å². The van der Waals surface area contributed by atoms with Crippen LogP contribution in [0.3, 0.4) is 0 Å². The topological polar surface area (TPSA) is 94.2 Å². The number of likely N-dealkylation sites (tertiary alicyclic amines) is 1. The highest BCUT2D eigenvalue weighted by atomic mass is 16.5. The van der Waals surface area contributed by atoms with E-state index in [4.69, 9.17) is 10.5 Å². The third kappa shape index (κ3) is 4.30. The van der Waals surface area contributed by atoms with Gasteiger partial charge in [0.15, 0.2) is 0 Å². The van der Waals surface area contributed by atoms with Crippen LogP contribution >= 0.6 is 0 Å². The molecular formula is C18H23N5O2. The number of nitrogens with two attached hydrogens (primary N) is 1. The van der Waals surface area contributed by atoms with Crippen molar-refractivity contribution in [2.24, 2.45) is 0 Å². The molecular weight excluding hydrogens is 318 g/mol. The number of aromatic nitrogens is 3. The van der Waals surface area contributed by atoms with Crippen molar-refractivity contribution in [3.63, 3.8) is 0 Å². The van der Waals surface area contributed by atoms with Crippen molar-refractivity contribution in [3.05, 3.63) is 36.3 Å². The molecule has 1 amide bonds. The Labute approximate surface area is 147 Å². The molecule has 2 N–H and O–H groups in total. The zero-order chi connectivity index (χ0) is 17.6. The number of carbonyl (C=O) groups excluding carboxylic acids is 1. The monoisotopic (exact) mass is 341 g/mol. The standard InChI is InChI=1S/C18H23N5O2/c1-2-9-25-14-5-4-8-23(12-14)17(24)16-7-3-6-15(22-16)13-10-20-18(19)21-11-13/h3,6-7,10-11,14H,2,4-5,8-9,12H2,1H3,(H2,19,20,21)/t14-/m1/s1. The minimum atomic E-state index is -0.0667. The van der Waals surface area contributed by atoms with E-state index in [9.17, 15) is 4.79 Å². The molecule has 7 heteroatoms. The first-order valence-corrected chi connectivity index (χ1v) is 8.63. The van der Waals surface area contributed by atoms with Crippen LogP contribution in [-0.2, 0) is 4.74 Å². The molecule has 0 unspecified atom stereocenters. The summed E-state index contributed by atoms with van der Waals surface area (Å²) in [5.41, 5.74) is 7.32. The first kappa shape index (κ1) is 17.3. The minimum Gasteiger partial charge on any atom is -0.376 e. The predicted octanol–water partition coefficient (Wildman–Crippen LogP) is 2.15. The molecule has 0 saturated carbocycles. The number of pyridine rings is 1. The van der Waals surface area contributed by atoms with Crippen molar-refractivity contribution in [1.29, 1.82) is 0 Å². The SMILES string of the molecule is CCCO[C@@H]1CCCN(C(=O)c2cccc(-c3cnc(N)nc3)n2)C1. The number of nitrogen functional groups attached to an aromatic ring is 1. The van der Waals surface area contributed by atoms with Crippen LogP contribution in [0.15, 0.2) is 30.6 Å². The Kier molecular flexibility index (Phi) is 5.55. The van der Waals surface area contributed by atoms with Gasteiger partial charge in [0.05, 0.1) is 11.8 Å². The summed E-state index contributed by atoms with van der Waals surface area (Å²) in [4.78, 5) is 27.1. The molecule has 25 heavy (non-hydrogen) atoms. The van der Waals surface area contributed by atoms with Crippen LogP contribution in [0, 0.1) is 0 Å². The number of amides is 1. The summed E-state index contributed by atoms with van der Waals surface area (Å²) in [6.45, 7) is 4.18. The van der Waals surface area contributed by atoms with Gasteiger partial charge in [-0.3, -0.25) is 4.79 Å². The average Bonchev–Trinajstić information content (AvgIpc) is 2.66. The Hall–Kier alpha value is -2.54. The van der Waals surface area contributed by atoms with Gasteiger partial charge in [0.1, 0.15) is 5.69 Å². The summed E-state index contributed by atoms with van der Waals surface area (Å²) < 4.78 is 5.81. The lowest BCUT2D eigenvalue weighted by Crippen LogP contribution is -2.43. The lowest BCUT2D eigenvalue weighted by molar-refractivity contribution is 0.00193. The van der Waals surface area contributed by atoms with Crippen LogP contribution in [0.4, 0.5) is 5.95 Å². The van der Waals surface area contributed by atoms with E-state index in [2.05, 4.69) is 21.9 Å². The van der Waals surface area contributed by atoms with E-state index in [1.807, 2.05) is 17.0 Å². The van der Waals surface area contributed by atoms with E-state index in [-0.39, 0.29) is 18.0 Å². The second-order valence-electron chi connectivity index (χ2n) is 6.12. The Morgan fingerprint density at radius 2 is 2.16 bits per heavy atom. The molecule has 0 aliphatic carbocycles. The van der Waals surface area contributed by atoms with Crippen molar-refractivity contribution < 1.29 is 9.53 Å². The zero-order valence-electron chi connectivity index (χ0n) is 14.4. The Balaban J connectivity index is 1.73. The van der Waals surface area contributed by atoms with Crippen LogP contribution in [-0.4, -0.2) is 51.6 Å². The smallest absolute Gasteiger partial charge is 0.272 e. The average molecular weight is 341 g/mol. The number of hydrogen-bond acceptors (Lipinski definition) is 6. The Morgan fingerprint density at radius 3 is 2.92 bits per heavy atom. The van der Waals surface area contributed by atoms with E-state index in [1.54, 1.807) is 18.5 Å². The van der Waals surface area contributed by atoms with E-state index >= 15 is 0 Å². The molecule has 3 rings (SSSR count). The van der Waals surface area contributed by atoms with Crippen LogP contribution in [0.5, 0.6) is 0 Å². The number of ether oxygens (including phenoxy) is 1. The summed E-state index contributed by atoms with van der Waals surface area (Å²) in [6, 6.07) is 5.39. The third-order valence-corrected chi connectivity index (χ3v) is 4.16. The molecule has 132 valence electrons. The van der Waals surface area contributed by atoms with Gasteiger partial charge in [-0.15, -0.1) is 0 Å². The maximum Gasteiger partial charge on any atom is 0.272 e. The van der Waals surface area contributed by atoms with E-state index in [1.165, 1.54) is 0 Å². The van der Waals surface area contributed by atoms with Crippen molar-refractivity contribution >= 4 is 11.9 Å². The minimum absolute atomic E-state index is 0.0667. The van der Waals surface area contributed by atoms with Gasteiger partial charge in [0.25, 0.3) is 5.91 Å². The second kappa shape index (κ2) is 8.02. The summed E-state index contributed by atoms with van der Waals surface area (Å²) in [7, 11) is 0. The molecule has 7 nitrogen and oxygen atoms in total. The summed E-state index contributed by atoms with van der Waals surface area (Å²) in [6.07, 6.45) is 6.26. The molecule has 0 bridgehead atoms. The maximum absolute atomic E-state index is 12.8. The van der Waals surface area contributed by atoms with Crippen molar-refractivity contribution in [2.75, 3.05) is 25.4 Å². The highest BCUT2D eigenvalue weighted by molar-refractivity contribution is 5.93. The van der Waals surface area contributed by atoms with E-state index in [0.717, 1.165) is 38.0 Å². The molecule has 1 atom stereocenters. The summed E-state index contributed by atoms with van der Waals surface area (Å²) in [5.74, 6) is 0.144. The van der Waals surface area contributed by atoms with Gasteiger partial charge < -0.3 is 15.4 Å². The molecule has 1 saturated heterocycles. The quantitative estimate of drug-likeness (QED) is 0.895. The second-order valence-corrected chi connectivity index (χ2v) is 6.12. The zero-order valence-corrected chi connectivity index (χ0v) is 14.4. The fraction of sp³-hybridized carbons (Fsp3) is 0.444. The molecule has 0 radical (unpaired) electrons. The van der Waals surface area contributed by atoms with Crippen LogP contribution in [0.25, 0.3) is 11.3 Å². The van der Waals surface area contributed by atoms with Crippen LogP contribution in [0.1, 0.15) is 36.7 Å². The maximum atomic E-state index is 12.8. The Bertz CT molecular complexity index is 720. The lowest BCUT2D eigenvalue weighted by Gasteiger charge is -2.32. The fourth-order valence-corrected chi connectivity index (χ4v) is 2.89. The normalized spacial score (nSPS) is 17.5. The van der Waals surface area contributed by atoms with E-state index in [0.29, 0.717) is 17.9 Å². The van der Waals surface area contributed by atoms with Gasteiger partial charge in [-0.1, -0.05) is 13.0 Å². The molecule has 1 aliphatic rings. The van der Waals surface area contributed by atoms with Gasteiger partial charge in [0, 0.05) is 37.7 Å². The molecule has 0 aromatic carbocycles. The number of hydrogen-bond donors (Lipinski definition) is 1. The van der Waals surface area contributed by atoms with Gasteiger partial charge in [-0.2, -0.15) is 0 Å². The number of piperidine rings is 1.